The first kappa shape index (κ1) is 13.8. The third-order valence-corrected chi connectivity index (χ3v) is 2.42. The van der Waals surface area contributed by atoms with Gasteiger partial charge in [0.2, 0.25) is 0 Å². The summed E-state index contributed by atoms with van der Waals surface area (Å²) in [5, 5.41) is 9.89. The predicted molar refractivity (Wildman–Crippen MR) is 62.2 cm³/mol. The van der Waals surface area contributed by atoms with Crippen molar-refractivity contribution in [3.8, 4) is 0 Å². The molecule has 2 nitrogen and oxygen atoms in total. The molecule has 2 rings (SSSR count). The average Bonchev–Trinajstić information content (AvgIpc) is 2.39. The smallest absolute Gasteiger partial charge is 0.195 e. The fraction of sp³-hybridized carbons (Fsp3) is 0.0714. The molecule has 1 N–H and O–H groups in total. The largest absolute Gasteiger partial charge is 0.380 e. The molecule has 0 saturated heterocycles. The number of rotatable bonds is 3. The fourth-order valence-electron chi connectivity index (χ4n) is 1.55. The summed E-state index contributed by atoms with van der Waals surface area (Å²) in [4.78, 5) is 11.9. The van der Waals surface area contributed by atoms with Crippen molar-refractivity contribution in [2.75, 3.05) is 0 Å². The first-order chi connectivity index (χ1) is 7.79. The Morgan fingerprint density at radius 1 is 0.882 bits per heavy atom. The van der Waals surface area contributed by atoms with Crippen LogP contribution in [0.3, 0.4) is 0 Å². The maximum absolute atomic E-state index is 11.9. The van der Waals surface area contributed by atoms with E-state index in [0.717, 1.165) is 0 Å². The van der Waals surface area contributed by atoms with Gasteiger partial charge in [0.1, 0.15) is 6.10 Å². The molecule has 17 heavy (non-hydrogen) atoms. The molecular weight excluding hydrogens is 266 g/mol. The van der Waals surface area contributed by atoms with Crippen LogP contribution >= 0.6 is 0 Å². The monoisotopic (exact) mass is 276 g/mol. The molecule has 0 aromatic heterocycles. The van der Waals surface area contributed by atoms with Crippen LogP contribution in [-0.4, -0.2) is 10.9 Å². The van der Waals surface area contributed by atoms with Crippen molar-refractivity contribution in [1.82, 2.24) is 0 Å². The van der Waals surface area contributed by atoms with E-state index >= 15 is 0 Å². The fourth-order valence-corrected chi connectivity index (χ4v) is 1.55. The zero-order valence-electron chi connectivity index (χ0n) is 9.41. The molecule has 82 valence electrons. The Bertz CT molecular complexity index is 468. The normalized spacial score (nSPS) is 11.4. The van der Waals surface area contributed by atoms with Crippen molar-refractivity contribution in [3.63, 3.8) is 0 Å². The van der Waals surface area contributed by atoms with Gasteiger partial charge >= 0.3 is 0 Å². The van der Waals surface area contributed by atoms with Crippen LogP contribution in [0.1, 0.15) is 22.0 Å². The first-order valence-corrected chi connectivity index (χ1v) is 5.11. The molecule has 1 unspecified atom stereocenters. The van der Waals surface area contributed by atoms with Crippen molar-refractivity contribution in [3.05, 3.63) is 71.8 Å². The number of aliphatic hydroxyl groups excluding tert-OH is 1. The zero-order chi connectivity index (χ0) is 11.4. The molecule has 1 atom stereocenters. The van der Waals surface area contributed by atoms with Crippen molar-refractivity contribution < 1.29 is 29.4 Å². The maximum atomic E-state index is 11.9. The summed E-state index contributed by atoms with van der Waals surface area (Å²) in [6.07, 6.45) is -1.08. The Morgan fingerprint density at radius 3 is 1.88 bits per heavy atom. The zero-order valence-corrected chi connectivity index (χ0v) is 12.4. The van der Waals surface area contributed by atoms with Crippen molar-refractivity contribution in [2.45, 2.75) is 6.10 Å². The summed E-state index contributed by atoms with van der Waals surface area (Å²) in [5.41, 5.74) is 1.15. The van der Waals surface area contributed by atoms with Crippen LogP contribution in [0.5, 0.6) is 0 Å². The summed E-state index contributed by atoms with van der Waals surface area (Å²) in [6, 6.07) is 17.7. The molecule has 2 aromatic carbocycles. The molecule has 0 aliphatic heterocycles. The van der Waals surface area contributed by atoms with E-state index in [4.69, 9.17) is 0 Å². The molecule has 0 saturated carbocycles. The second-order valence-electron chi connectivity index (χ2n) is 3.54. The predicted octanol–water partition coefficient (Wildman–Crippen LogP) is 2.60. The number of ketones is 1. The minimum absolute atomic E-state index is 0. The summed E-state index contributed by atoms with van der Waals surface area (Å²) >= 11 is 0. The first-order valence-electron chi connectivity index (χ1n) is 5.11. The van der Waals surface area contributed by atoms with E-state index in [-0.39, 0.29) is 25.3 Å². The molecule has 0 spiro atoms. The van der Waals surface area contributed by atoms with Crippen LogP contribution in [0.25, 0.3) is 0 Å². The maximum Gasteiger partial charge on any atom is 0.195 e. The van der Waals surface area contributed by atoms with Crippen LogP contribution in [0.2, 0.25) is 0 Å². The van der Waals surface area contributed by atoms with E-state index in [0.29, 0.717) is 11.1 Å². The minimum atomic E-state index is -1.08. The van der Waals surface area contributed by atoms with Crippen molar-refractivity contribution >= 4 is 5.78 Å². The van der Waals surface area contributed by atoms with E-state index in [1.807, 2.05) is 12.1 Å². The van der Waals surface area contributed by atoms with Crippen LogP contribution in [0, 0.1) is 0 Å². The van der Waals surface area contributed by atoms with Gasteiger partial charge < -0.3 is 5.11 Å². The van der Waals surface area contributed by atoms with Crippen LogP contribution in [-0.2, 0) is 19.5 Å². The van der Waals surface area contributed by atoms with Gasteiger partial charge in [0.25, 0.3) is 0 Å². The topological polar surface area (TPSA) is 37.3 Å². The van der Waals surface area contributed by atoms with Gasteiger partial charge in [0, 0.05) is 25.0 Å². The van der Waals surface area contributed by atoms with E-state index in [2.05, 4.69) is 0 Å². The number of aliphatic hydroxyl groups is 1. The van der Waals surface area contributed by atoms with Gasteiger partial charge in [-0.3, -0.25) is 4.79 Å². The Morgan fingerprint density at radius 2 is 1.35 bits per heavy atom. The van der Waals surface area contributed by atoms with Gasteiger partial charge in [-0.05, 0) is 5.56 Å². The van der Waals surface area contributed by atoms with Gasteiger partial charge in [-0.2, -0.15) is 0 Å². The molecule has 3 heteroatoms. The van der Waals surface area contributed by atoms with Gasteiger partial charge in [0.15, 0.2) is 5.78 Å². The number of benzene rings is 2. The number of carbonyl (C=O) groups is 1. The van der Waals surface area contributed by atoms with Crippen molar-refractivity contribution in [2.24, 2.45) is 0 Å². The van der Waals surface area contributed by atoms with Gasteiger partial charge in [0.05, 0.1) is 0 Å². The van der Waals surface area contributed by atoms with E-state index in [9.17, 15) is 9.90 Å². The van der Waals surface area contributed by atoms with Crippen LogP contribution in [0.15, 0.2) is 60.7 Å². The van der Waals surface area contributed by atoms with Crippen LogP contribution in [0.4, 0.5) is 0 Å². The Kier molecular flexibility index (Phi) is 5.21. The van der Waals surface area contributed by atoms with Crippen molar-refractivity contribution in [1.29, 1.82) is 0 Å². The standard InChI is InChI=1S/C14H12O2.Zn/c15-13(11-7-3-1-4-8-11)14(16)12-9-5-2-6-10-12;/h1-10,13,15H;. The van der Waals surface area contributed by atoms with E-state index in [1.54, 1.807) is 48.5 Å². The van der Waals surface area contributed by atoms with Gasteiger partial charge in [-0.15, -0.1) is 0 Å². The summed E-state index contributed by atoms with van der Waals surface area (Å²) in [5.74, 6) is -0.271. The Balaban J connectivity index is 0.00000144. The van der Waals surface area contributed by atoms with E-state index < -0.39 is 6.10 Å². The third-order valence-electron chi connectivity index (χ3n) is 2.42. The molecule has 0 fully saturated rings. The summed E-state index contributed by atoms with van der Waals surface area (Å²) in [6.45, 7) is 0. The molecule has 0 radical (unpaired) electrons. The molecule has 0 bridgehead atoms. The molecule has 0 aliphatic carbocycles. The van der Waals surface area contributed by atoms with Gasteiger partial charge in [-0.25, -0.2) is 0 Å². The third kappa shape index (κ3) is 3.32. The van der Waals surface area contributed by atoms with E-state index in [1.165, 1.54) is 0 Å². The average molecular weight is 278 g/mol. The molecular formula is C14H12O2Zn. The molecule has 2 aromatic rings. The van der Waals surface area contributed by atoms with Gasteiger partial charge in [-0.1, -0.05) is 60.7 Å². The number of hydrogen-bond acceptors (Lipinski definition) is 2. The second kappa shape index (κ2) is 6.43. The second-order valence-corrected chi connectivity index (χ2v) is 3.54. The number of Topliss-reactive ketones (excluding diaryl/α,β-unsaturated/α-hetero) is 1. The summed E-state index contributed by atoms with van der Waals surface area (Å²) in [7, 11) is 0. The molecule has 0 amide bonds. The SMILES string of the molecule is O=C(c1ccccc1)C(O)c1ccccc1.[Zn]. The quantitative estimate of drug-likeness (QED) is 0.692. The molecule has 0 aliphatic rings. The summed E-state index contributed by atoms with van der Waals surface area (Å²) < 4.78 is 0. The number of carbonyl (C=O) groups excluding carboxylic acids is 1. The Labute approximate surface area is 113 Å². The Hall–Kier alpha value is -1.31. The number of hydrogen-bond donors (Lipinski definition) is 1. The molecule has 0 heterocycles. The van der Waals surface area contributed by atoms with Crippen LogP contribution < -0.4 is 0 Å². The minimum Gasteiger partial charge on any atom is -0.380 e.